The van der Waals surface area contributed by atoms with E-state index in [0.29, 0.717) is 11.4 Å². The number of benzene rings is 2. The van der Waals surface area contributed by atoms with Gasteiger partial charge in [-0.05, 0) is 43.2 Å². The third-order valence-electron chi connectivity index (χ3n) is 3.06. The van der Waals surface area contributed by atoms with Crippen LogP contribution in [0.15, 0.2) is 30.3 Å². The SMILES string of the molecule is Cc1cc(C)c(NC(=O)c2cccc(Cl)c2F)cc1N. The van der Waals surface area contributed by atoms with Crippen molar-refractivity contribution in [3.63, 3.8) is 0 Å². The lowest BCUT2D eigenvalue weighted by molar-refractivity contribution is 0.102. The number of halogens is 2. The molecule has 0 saturated carbocycles. The summed E-state index contributed by atoms with van der Waals surface area (Å²) >= 11 is 5.66. The molecule has 104 valence electrons. The summed E-state index contributed by atoms with van der Waals surface area (Å²) in [6, 6.07) is 7.81. The Hall–Kier alpha value is -2.07. The van der Waals surface area contributed by atoms with Gasteiger partial charge in [-0.2, -0.15) is 0 Å². The molecule has 0 aliphatic rings. The van der Waals surface area contributed by atoms with E-state index in [2.05, 4.69) is 5.32 Å². The quantitative estimate of drug-likeness (QED) is 0.824. The fourth-order valence-corrected chi connectivity index (χ4v) is 2.05. The lowest BCUT2D eigenvalue weighted by Gasteiger charge is -2.12. The maximum Gasteiger partial charge on any atom is 0.258 e. The third kappa shape index (κ3) is 2.75. The smallest absolute Gasteiger partial charge is 0.258 e. The number of nitrogens with two attached hydrogens (primary N) is 1. The van der Waals surface area contributed by atoms with Gasteiger partial charge >= 0.3 is 0 Å². The van der Waals surface area contributed by atoms with Gasteiger partial charge in [-0.15, -0.1) is 0 Å². The van der Waals surface area contributed by atoms with Crippen LogP contribution in [0.25, 0.3) is 0 Å². The number of rotatable bonds is 2. The van der Waals surface area contributed by atoms with Gasteiger partial charge in [0.2, 0.25) is 0 Å². The average molecular weight is 293 g/mol. The molecule has 0 unspecified atom stereocenters. The highest BCUT2D eigenvalue weighted by Gasteiger charge is 2.15. The molecule has 0 atom stereocenters. The minimum absolute atomic E-state index is 0.0854. The topological polar surface area (TPSA) is 55.1 Å². The van der Waals surface area contributed by atoms with E-state index in [-0.39, 0.29) is 10.6 Å². The average Bonchev–Trinajstić information content (AvgIpc) is 2.39. The molecular formula is C15H14ClFN2O. The summed E-state index contributed by atoms with van der Waals surface area (Å²) in [5, 5.41) is 2.56. The molecule has 1 amide bonds. The van der Waals surface area contributed by atoms with Gasteiger partial charge in [0.05, 0.1) is 10.6 Å². The van der Waals surface area contributed by atoms with Crippen LogP contribution >= 0.6 is 11.6 Å². The molecule has 20 heavy (non-hydrogen) atoms. The molecule has 0 aliphatic heterocycles. The lowest BCUT2D eigenvalue weighted by atomic mass is 10.1. The molecule has 2 rings (SSSR count). The van der Waals surface area contributed by atoms with E-state index < -0.39 is 11.7 Å². The Morgan fingerprint density at radius 2 is 1.95 bits per heavy atom. The van der Waals surface area contributed by atoms with Gasteiger partial charge in [-0.3, -0.25) is 4.79 Å². The van der Waals surface area contributed by atoms with Crippen LogP contribution in [-0.2, 0) is 0 Å². The van der Waals surface area contributed by atoms with Crippen molar-refractivity contribution < 1.29 is 9.18 Å². The summed E-state index contributed by atoms with van der Waals surface area (Å²) in [6.45, 7) is 3.72. The van der Waals surface area contributed by atoms with Crippen molar-refractivity contribution in [1.82, 2.24) is 0 Å². The summed E-state index contributed by atoms with van der Waals surface area (Å²) in [5.74, 6) is -1.29. The molecule has 0 aromatic heterocycles. The van der Waals surface area contributed by atoms with E-state index in [9.17, 15) is 9.18 Å². The number of hydrogen-bond acceptors (Lipinski definition) is 2. The summed E-state index contributed by atoms with van der Waals surface area (Å²) < 4.78 is 13.8. The highest BCUT2D eigenvalue weighted by molar-refractivity contribution is 6.31. The van der Waals surface area contributed by atoms with Crippen LogP contribution in [0, 0.1) is 19.7 Å². The number of anilines is 2. The fraction of sp³-hybridized carbons (Fsp3) is 0.133. The number of carbonyl (C=O) groups is 1. The Morgan fingerprint density at radius 1 is 1.25 bits per heavy atom. The Balaban J connectivity index is 2.33. The maximum absolute atomic E-state index is 13.8. The molecule has 3 nitrogen and oxygen atoms in total. The Labute approximate surface area is 121 Å². The van der Waals surface area contributed by atoms with E-state index in [4.69, 9.17) is 17.3 Å². The number of hydrogen-bond donors (Lipinski definition) is 2. The second kappa shape index (κ2) is 5.51. The van der Waals surface area contributed by atoms with Crippen LogP contribution in [-0.4, -0.2) is 5.91 Å². The second-order valence-corrected chi connectivity index (χ2v) is 4.99. The zero-order chi connectivity index (χ0) is 14.9. The van der Waals surface area contributed by atoms with Gasteiger partial charge in [-0.25, -0.2) is 4.39 Å². The number of amides is 1. The molecule has 2 aromatic carbocycles. The van der Waals surface area contributed by atoms with Crippen molar-refractivity contribution in [2.75, 3.05) is 11.1 Å². The number of carbonyl (C=O) groups excluding carboxylic acids is 1. The first-order chi connectivity index (χ1) is 9.40. The van der Waals surface area contributed by atoms with Crippen molar-refractivity contribution in [2.45, 2.75) is 13.8 Å². The minimum atomic E-state index is -0.732. The van der Waals surface area contributed by atoms with E-state index in [1.54, 1.807) is 6.07 Å². The molecule has 2 aromatic rings. The Kier molecular flexibility index (Phi) is 3.95. The van der Waals surface area contributed by atoms with Crippen LogP contribution < -0.4 is 11.1 Å². The first kappa shape index (κ1) is 14.3. The van der Waals surface area contributed by atoms with Gasteiger partial charge in [0.1, 0.15) is 0 Å². The van der Waals surface area contributed by atoms with Crippen LogP contribution in [0.3, 0.4) is 0 Å². The molecule has 5 heteroatoms. The van der Waals surface area contributed by atoms with Crippen LogP contribution in [0.1, 0.15) is 21.5 Å². The summed E-state index contributed by atoms with van der Waals surface area (Å²) in [7, 11) is 0. The van der Waals surface area contributed by atoms with Crippen molar-refractivity contribution in [3.8, 4) is 0 Å². The molecule has 0 spiro atoms. The first-order valence-electron chi connectivity index (χ1n) is 6.02. The third-order valence-corrected chi connectivity index (χ3v) is 3.35. The number of nitrogens with one attached hydrogen (secondary N) is 1. The normalized spacial score (nSPS) is 10.4. The highest BCUT2D eigenvalue weighted by Crippen LogP contribution is 2.24. The van der Waals surface area contributed by atoms with Gasteiger partial charge in [0.25, 0.3) is 5.91 Å². The first-order valence-corrected chi connectivity index (χ1v) is 6.40. The molecular weight excluding hydrogens is 279 g/mol. The highest BCUT2D eigenvalue weighted by atomic mass is 35.5. The summed E-state index contributed by atoms with van der Waals surface area (Å²) in [5.41, 5.74) is 8.61. The van der Waals surface area contributed by atoms with E-state index in [1.165, 1.54) is 18.2 Å². The Morgan fingerprint density at radius 3 is 2.65 bits per heavy atom. The standard InChI is InChI=1S/C15H14ClFN2O/c1-8-6-9(2)13(7-12(8)18)19-15(20)10-4-3-5-11(16)14(10)17/h3-7H,18H2,1-2H3,(H,19,20). The zero-order valence-electron chi connectivity index (χ0n) is 11.1. The van der Waals surface area contributed by atoms with Gasteiger partial charge in [-0.1, -0.05) is 23.7 Å². The van der Waals surface area contributed by atoms with Crippen molar-refractivity contribution in [1.29, 1.82) is 0 Å². The lowest BCUT2D eigenvalue weighted by Crippen LogP contribution is -2.15. The van der Waals surface area contributed by atoms with Crippen molar-refractivity contribution in [2.24, 2.45) is 0 Å². The van der Waals surface area contributed by atoms with Gasteiger partial charge < -0.3 is 11.1 Å². The monoisotopic (exact) mass is 292 g/mol. The van der Waals surface area contributed by atoms with Gasteiger partial charge in [0, 0.05) is 11.4 Å². The fourth-order valence-electron chi connectivity index (χ4n) is 1.87. The zero-order valence-corrected chi connectivity index (χ0v) is 11.9. The van der Waals surface area contributed by atoms with E-state index in [0.717, 1.165) is 11.1 Å². The van der Waals surface area contributed by atoms with E-state index in [1.807, 2.05) is 19.9 Å². The second-order valence-electron chi connectivity index (χ2n) is 4.58. The number of aryl methyl sites for hydroxylation is 2. The molecule has 0 fully saturated rings. The predicted octanol–water partition coefficient (Wildman–Crippen LogP) is 3.93. The van der Waals surface area contributed by atoms with Crippen molar-refractivity contribution in [3.05, 3.63) is 57.9 Å². The molecule has 0 aliphatic carbocycles. The van der Waals surface area contributed by atoms with Crippen LogP contribution in [0.2, 0.25) is 5.02 Å². The van der Waals surface area contributed by atoms with Crippen LogP contribution in [0.4, 0.5) is 15.8 Å². The van der Waals surface area contributed by atoms with Crippen molar-refractivity contribution >= 4 is 28.9 Å². The molecule has 0 radical (unpaired) electrons. The molecule has 3 N–H and O–H groups in total. The van der Waals surface area contributed by atoms with Crippen LogP contribution in [0.5, 0.6) is 0 Å². The molecule has 0 saturated heterocycles. The maximum atomic E-state index is 13.8. The molecule has 0 bridgehead atoms. The van der Waals surface area contributed by atoms with E-state index >= 15 is 0 Å². The minimum Gasteiger partial charge on any atom is -0.398 e. The Bertz CT molecular complexity index is 686. The predicted molar refractivity (Wildman–Crippen MR) is 79.7 cm³/mol. The summed E-state index contributed by atoms with van der Waals surface area (Å²) in [6.07, 6.45) is 0. The number of nitrogen functional groups attached to an aromatic ring is 1. The molecule has 0 heterocycles. The largest absolute Gasteiger partial charge is 0.398 e. The van der Waals surface area contributed by atoms with Gasteiger partial charge in [0.15, 0.2) is 5.82 Å². The summed E-state index contributed by atoms with van der Waals surface area (Å²) in [4.78, 5) is 12.1.